The molecule has 1 amide bonds. The molecule has 3 nitrogen and oxygen atoms in total. The van der Waals surface area contributed by atoms with E-state index in [2.05, 4.69) is 31.3 Å². The van der Waals surface area contributed by atoms with E-state index in [1.54, 1.807) is 0 Å². The molecular formula is C12H16ClNO2. The first-order valence-electron chi connectivity index (χ1n) is 5.18. The van der Waals surface area contributed by atoms with E-state index in [1.807, 2.05) is 6.07 Å². The van der Waals surface area contributed by atoms with E-state index in [0.717, 1.165) is 6.42 Å². The highest BCUT2D eigenvalue weighted by molar-refractivity contribution is 5.85. The minimum atomic E-state index is -0.311. The quantitative estimate of drug-likeness (QED) is 0.821. The van der Waals surface area contributed by atoms with E-state index in [0.29, 0.717) is 6.61 Å². The van der Waals surface area contributed by atoms with E-state index in [-0.39, 0.29) is 24.5 Å². The van der Waals surface area contributed by atoms with E-state index in [9.17, 15) is 4.79 Å². The molecular weight excluding hydrogens is 226 g/mol. The summed E-state index contributed by atoms with van der Waals surface area (Å²) in [6.45, 7) is 4.65. The zero-order valence-corrected chi connectivity index (χ0v) is 10.3. The van der Waals surface area contributed by atoms with Crippen LogP contribution in [-0.2, 0) is 4.74 Å². The highest BCUT2D eigenvalue weighted by atomic mass is 35.5. The molecule has 0 aromatic heterocycles. The van der Waals surface area contributed by atoms with Crippen LogP contribution < -0.4 is 5.32 Å². The largest absolute Gasteiger partial charge is 0.449 e. The first-order chi connectivity index (χ1) is 7.18. The molecule has 16 heavy (non-hydrogen) atoms. The first kappa shape index (κ1) is 12.8. The van der Waals surface area contributed by atoms with E-state index in [4.69, 9.17) is 4.74 Å². The second-order valence-electron chi connectivity index (χ2n) is 3.93. The Bertz CT molecular complexity index is 372. The van der Waals surface area contributed by atoms with Crippen LogP contribution in [-0.4, -0.2) is 12.7 Å². The molecule has 0 bridgehead atoms. The number of hydrogen-bond acceptors (Lipinski definition) is 2. The number of rotatable bonds is 1. The molecule has 0 unspecified atom stereocenters. The number of alkyl carbamates (subject to hydrolysis) is 1. The lowest BCUT2D eigenvalue weighted by Gasteiger charge is -2.26. The maximum atomic E-state index is 11.1. The van der Waals surface area contributed by atoms with Gasteiger partial charge in [-0.1, -0.05) is 18.2 Å². The van der Waals surface area contributed by atoms with Crippen LogP contribution in [0.5, 0.6) is 0 Å². The normalized spacial score (nSPS) is 19.4. The van der Waals surface area contributed by atoms with Gasteiger partial charge in [0.1, 0.15) is 0 Å². The lowest BCUT2D eigenvalue weighted by atomic mass is 9.94. The predicted octanol–water partition coefficient (Wildman–Crippen LogP) is 2.90. The highest BCUT2D eigenvalue weighted by Crippen LogP contribution is 2.26. The number of nitrogens with one attached hydrogen (secondary N) is 1. The Hall–Kier alpha value is -1.22. The number of benzene rings is 1. The van der Waals surface area contributed by atoms with Gasteiger partial charge in [-0.25, -0.2) is 4.79 Å². The van der Waals surface area contributed by atoms with Crippen molar-refractivity contribution in [2.24, 2.45) is 0 Å². The zero-order chi connectivity index (χ0) is 10.8. The number of aryl methyl sites for hydroxylation is 2. The lowest BCUT2D eigenvalue weighted by Crippen LogP contribution is -2.36. The van der Waals surface area contributed by atoms with Crippen molar-refractivity contribution in [1.29, 1.82) is 0 Å². The van der Waals surface area contributed by atoms with Gasteiger partial charge in [-0.05, 0) is 30.5 Å². The first-order valence-corrected chi connectivity index (χ1v) is 5.18. The van der Waals surface area contributed by atoms with Crippen molar-refractivity contribution in [3.05, 3.63) is 34.9 Å². The molecule has 1 aromatic carbocycles. The Kier molecular flexibility index (Phi) is 4.19. The van der Waals surface area contributed by atoms with Crippen molar-refractivity contribution in [3.8, 4) is 0 Å². The standard InChI is InChI=1S/C12H15NO2.ClH/c1-8-4-3-5-9(2)11(8)10-6-7-15-12(14)13-10;/h3-5,10H,6-7H2,1-2H3,(H,13,14);1H/t10-;/m0./s1. The van der Waals surface area contributed by atoms with Gasteiger partial charge in [0.25, 0.3) is 0 Å². The van der Waals surface area contributed by atoms with E-state index in [1.165, 1.54) is 16.7 Å². The van der Waals surface area contributed by atoms with E-state index < -0.39 is 0 Å². The summed E-state index contributed by atoms with van der Waals surface area (Å²) < 4.78 is 4.86. The Labute approximate surface area is 102 Å². The van der Waals surface area contributed by atoms with Crippen LogP contribution in [0.1, 0.15) is 29.2 Å². The third-order valence-corrected chi connectivity index (χ3v) is 2.82. The highest BCUT2D eigenvalue weighted by Gasteiger charge is 2.23. The Balaban J connectivity index is 0.00000128. The zero-order valence-electron chi connectivity index (χ0n) is 9.45. The van der Waals surface area contributed by atoms with Gasteiger partial charge in [0.15, 0.2) is 0 Å². The summed E-state index contributed by atoms with van der Waals surface area (Å²) in [5.74, 6) is 0. The Morgan fingerprint density at radius 2 is 1.94 bits per heavy atom. The van der Waals surface area contributed by atoms with Gasteiger partial charge >= 0.3 is 6.09 Å². The molecule has 1 aliphatic rings. The lowest BCUT2D eigenvalue weighted by molar-refractivity contribution is 0.115. The number of ether oxygens (including phenoxy) is 1. The van der Waals surface area contributed by atoms with Gasteiger partial charge in [-0.15, -0.1) is 12.4 Å². The third-order valence-electron chi connectivity index (χ3n) is 2.82. The topological polar surface area (TPSA) is 38.3 Å². The van der Waals surface area contributed by atoms with Crippen molar-refractivity contribution < 1.29 is 9.53 Å². The van der Waals surface area contributed by atoms with Crippen LogP contribution in [0, 0.1) is 13.8 Å². The predicted molar refractivity (Wildman–Crippen MR) is 65.0 cm³/mol. The van der Waals surface area contributed by atoms with Crippen molar-refractivity contribution in [3.63, 3.8) is 0 Å². The minimum absolute atomic E-state index is 0. The summed E-state index contributed by atoms with van der Waals surface area (Å²) in [4.78, 5) is 11.1. The average Bonchev–Trinajstić information content (AvgIpc) is 2.17. The molecule has 1 aromatic rings. The number of carbonyl (C=O) groups excluding carboxylic acids is 1. The second kappa shape index (κ2) is 5.21. The van der Waals surface area contributed by atoms with Crippen LogP contribution in [0.25, 0.3) is 0 Å². The summed E-state index contributed by atoms with van der Waals surface area (Å²) in [7, 11) is 0. The molecule has 2 rings (SSSR count). The monoisotopic (exact) mass is 241 g/mol. The van der Waals surface area contributed by atoms with Gasteiger partial charge < -0.3 is 10.1 Å². The Morgan fingerprint density at radius 3 is 2.50 bits per heavy atom. The van der Waals surface area contributed by atoms with Crippen LogP contribution >= 0.6 is 12.4 Å². The fourth-order valence-corrected chi connectivity index (χ4v) is 2.12. The van der Waals surface area contributed by atoms with Crippen molar-refractivity contribution >= 4 is 18.5 Å². The molecule has 0 aliphatic carbocycles. The fraction of sp³-hybridized carbons (Fsp3) is 0.417. The SMILES string of the molecule is Cc1cccc(C)c1[C@@H]1CCOC(=O)N1.Cl. The van der Waals surface area contributed by atoms with E-state index >= 15 is 0 Å². The summed E-state index contributed by atoms with van der Waals surface area (Å²) in [6.07, 6.45) is 0.533. The second-order valence-corrected chi connectivity index (χ2v) is 3.93. The fourth-order valence-electron chi connectivity index (χ4n) is 2.12. The molecule has 1 atom stereocenters. The molecule has 0 radical (unpaired) electrons. The molecule has 1 saturated heterocycles. The number of halogens is 1. The molecule has 1 aliphatic heterocycles. The summed E-state index contributed by atoms with van der Waals surface area (Å²) in [5.41, 5.74) is 3.68. The van der Waals surface area contributed by atoms with Gasteiger partial charge in [-0.3, -0.25) is 0 Å². The van der Waals surface area contributed by atoms with Crippen LogP contribution in [0.3, 0.4) is 0 Å². The third kappa shape index (κ3) is 2.47. The maximum absolute atomic E-state index is 11.1. The molecule has 0 saturated carbocycles. The number of amides is 1. The van der Waals surface area contributed by atoms with Crippen LogP contribution in [0.4, 0.5) is 4.79 Å². The van der Waals surface area contributed by atoms with Gasteiger partial charge in [0.05, 0.1) is 12.6 Å². The molecule has 1 N–H and O–H groups in total. The van der Waals surface area contributed by atoms with Gasteiger partial charge in [0.2, 0.25) is 0 Å². The summed E-state index contributed by atoms with van der Waals surface area (Å²) in [5, 5.41) is 2.85. The molecule has 0 spiro atoms. The summed E-state index contributed by atoms with van der Waals surface area (Å²) in [6, 6.07) is 6.29. The number of carbonyl (C=O) groups is 1. The summed E-state index contributed by atoms with van der Waals surface area (Å²) >= 11 is 0. The molecule has 1 heterocycles. The van der Waals surface area contributed by atoms with Gasteiger partial charge in [-0.2, -0.15) is 0 Å². The van der Waals surface area contributed by atoms with Crippen molar-refractivity contribution in [2.75, 3.05) is 6.61 Å². The van der Waals surface area contributed by atoms with Crippen molar-refractivity contribution in [2.45, 2.75) is 26.3 Å². The smallest absolute Gasteiger partial charge is 0.407 e. The van der Waals surface area contributed by atoms with Crippen LogP contribution in [0.15, 0.2) is 18.2 Å². The Morgan fingerprint density at radius 1 is 1.31 bits per heavy atom. The molecule has 88 valence electrons. The van der Waals surface area contributed by atoms with Crippen molar-refractivity contribution in [1.82, 2.24) is 5.32 Å². The average molecular weight is 242 g/mol. The van der Waals surface area contributed by atoms with Crippen LogP contribution in [0.2, 0.25) is 0 Å². The number of cyclic esters (lactones) is 1. The minimum Gasteiger partial charge on any atom is -0.449 e. The molecule has 4 heteroatoms. The number of hydrogen-bond donors (Lipinski definition) is 1. The molecule has 1 fully saturated rings. The van der Waals surface area contributed by atoms with Gasteiger partial charge in [0, 0.05) is 6.42 Å². The maximum Gasteiger partial charge on any atom is 0.407 e.